The monoisotopic (exact) mass is 447 g/mol. The Hall–Kier alpha value is -4.01. The molecule has 3 aliphatic heterocycles. The number of nitro benzene ring substituents is 1. The third-order valence-corrected chi connectivity index (χ3v) is 6.81. The number of benzene rings is 2. The molecule has 0 spiro atoms. The minimum absolute atomic E-state index is 0.0473. The van der Waals surface area contributed by atoms with E-state index in [4.69, 9.17) is 4.74 Å². The SMILES string of the molecule is COc1cc(N2C(=O)[C@@H]3[C@H](C2=O)[C@H]2c4ccccc4C=CN2[C@@H]3C(C)=O)c(C)cc1[N+](=O)[O-]. The number of carbonyl (C=O) groups is 3. The van der Waals surface area contributed by atoms with E-state index < -0.39 is 40.7 Å². The van der Waals surface area contributed by atoms with Crippen LogP contribution in [0.1, 0.15) is 29.7 Å². The third kappa shape index (κ3) is 2.81. The van der Waals surface area contributed by atoms with E-state index in [9.17, 15) is 24.5 Å². The van der Waals surface area contributed by atoms with Crippen molar-refractivity contribution >= 4 is 35.0 Å². The van der Waals surface area contributed by atoms with Crippen LogP contribution in [0.15, 0.2) is 42.6 Å². The number of methoxy groups -OCH3 is 1. The predicted molar refractivity (Wildman–Crippen MR) is 118 cm³/mol. The minimum atomic E-state index is -0.851. The van der Waals surface area contributed by atoms with Crippen LogP contribution in [0.5, 0.6) is 5.75 Å². The highest BCUT2D eigenvalue weighted by Gasteiger charge is 2.64. The van der Waals surface area contributed by atoms with E-state index >= 15 is 0 Å². The smallest absolute Gasteiger partial charge is 0.311 e. The fourth-order valence-corrected chi connectivity index (χ4v) is 5.47. The number of carbonyl (C=O) groups excluding carboxylic acids is 3. The maximum absolute atomic E-state index is 13.8. The number of rotatable bonds is 4. The van der Waals surface area contributed by atoms with Crippen LogP contribution in [0.3, 0.4) is 0 Å². The molecule has 168 valence electrons. The first-order valence-electron chi connectivity index (χ1n) is 10.5. The van der Waals surface area contributed by atoms with Crippen LogP contribution in [0, 0.1) is 28.9 Å². The fourth-order valence-electron chi connectivity index (χ4n) is 5.47. The maximum Gasteiger partial charge on any atom is 0.311 e. The molecule has 9 heteroatoms. The number of aryl methyl sites for hydroxylation is 1. The Labute approximate surface area is 189 Å². The second-order valence-electron chi connectivity index (χ2n) is 8.52. The van der Waals surface area contributed by atoms with E-state index in [0.717, 1.165) is 16.0 Å². The molecule has 0 saturated carbocycles. The summed E-state index contributed by atoms with van der Waals surface area (Å²) in [7, 11) is 1.29. The summed E-state index contributed by atoms with van der Waals surface area (Å²) in [6, 6.07) is 9.03. The molecule has 33 heavy (non-hydrogen) atoms. The lowest BCUT2D eigenvalue weighted by Gasteiger charge is -2.35. The lowest BCUT2D eigenvalue weighted by molar-refractivity contribution is -0.385. The first-order valence-corrected chi connectivity index (χ1v) is 10.5. The summed E-state index contributed by atoms with van der Waals surface area (Å²) in [5.74, 6) is -2.75. The van der Waals surface area contributed by atoms with Crippen LogP contribution in [0.25, 0.3) is 6.08 Å². The van der Waals surface area contributed by atoms with Crippen LogP contribution in [0.4, 0.5) is 11.4 Å². The number of fused-ring (bicyclic) bond motifs is 5. The van der Waals surface area contributed by atoms with Gasteiger partial charge >= 0.3 is 5.69 Å². The highest BCUT2D eigenvalue weighted by atomic mass is 16.6. The van der Waals surface area contributed by atoms with E-state index in [1.54, 1.807) is 13.1 Å². The predicted octanol–water partition coefficient (Wildman–Crippen LogP) is 3.02. The average molecular weight is 447 g/mol. The van der Waals surface area contributed by atoms with Crippen molar-refractivity contribution in [2.24, 2.45) is 11.8 Å². The standard InChI is InChI=1S/C24H21N3O6/c1-12-10-17(27(31)32)18(33-3)11-16(12)26-23(29)19-20(24(26)30)22-15-7-5-4-6-14(15)8-9-25(22)21(19)13(2)28/h4-11,19-22H,1-3H3/t19-,20+,21-,22-/m1/s1. The molecule has 0 unspecified atom stereocenters. The van der Waals surface area contributed by atoms with Gasteiger partial charge in [0.1, 0.15) is 0 Å². The van der Waals surface area contributed by atoms with Gasteiger partial charge in [0.2, 0.25) is 11.8 Å². The van der Waals surface area contributed by atoms with Gasteiger partial charge in [-0.25, -0.2) is 4.90 Å². The average Bonchev–Trinajstić information content (AvgIpc) is 3.26. The molecule has 2 aromatic rings. The lowest BCUT2D eigenvalue weighted by atomic mass is 9.84. The normalized spacial score (nSPS) is 25.1. The zero-order chi connectivity index (χ0) is 23.6. The molecule has 0 N–H and O–H groups in total. The molecule has 4 atom stereocenters. The molecule has 0 radical (unpaired) electrons. The van der Waals surface area contributed by atoms with E-state index in [2.05, 4.69) is 0 Å². The Morgan fingerprint density at radius 2 is 1.82 bits per heavy atom. The molecule has 3 heterocycles. The number of anilines is 1. The molecule has 2 fully saturated rings. The van der Waals surface area contributed by atoms with Gasteiger partial charge in [0.25, 0.3) is 0 Å². The van der Waals surface area contributed by atoms with Gasteiger partial charge in [0.15, 0.2) is 11.5 Å². The van der Waals surface area contributed by atoms with Crippen molar-refractivity contribution in [1.29, 1.82) is 0 Å². The Balaban J connectivity index is 1.65. The molecule has 0 aromatic heterocycles. The van der Waals surface area contributed by atoms with Crippen LogP contribution in [-0.4, -0.2) is 40.6 Å². The zero-order valence-corrected chi connectivity index (χ0v) is 18.2. The first-order chi connectivity index (χ1) is 15.8. The molecule has 0 aliphatic carbocycles. The summed E-state index contributed by atoms with van der Waals surface area (Å²) in [6.45, 7) is 3.03. The van der Waals surface area contributed by atoms with Gasteiger partial charge in [0.05, 0.1) is 41.6 Å². The van der Waals surface area contributed by atoms with Crippen LogP contribution >= 0.6 is 0 Å². The molecule has 2 saturated heterocycles. The molecule has 0 bridgehead atoms. The number of amides is 2. The number of imide groups is 1. The Morgan fingerprint density at radius 1 is 1.12 bits per heavy atom. The van der Waals surface area contributed by atoms with E-state index in [-0.39, 0.29) is 22.9 Å². The summed E-state index contributed by atoms with van der Waals surface area (Å²) < 4.78 is 5.16. The summed E-state index contributed by atoms with van der Waals surface area (Å²) >= 11 is 0. The molecular weight excluding hydrogens is 426 g/mol. The Morgan fingerprint density at radius 3 is 2.48 bits per heavy atom. The fraction of sp³-hybridized carbons (Fsp3) is 0.292. The van der Waals surface area contributed by atoms with Crippen molar-refractivity contribution in [3.05, 3.63) is 69.4 Å². The van der Waals surface area contributed by atoms with Crippen molar-refractivity contribution < 1.29 is 24.0 Å². The molecule has 2 aromatic carbocycles. The summed E-state index contributed by atoms with van der Waals surface area (Å²) in [6.07, 6.45) is 3.68. The minimum Gasteiger partial charge on any atom is -0.490 e. The third-order valence-electron chi connectivity index (χ3n) is 6.81. The topological polar surface area (TPSA) is 110 Å². The molecule has 5 rings (SSSR count). The lowest BCUT2D eigenvalue weighted by Crippen LogP contribution is -2.43. The summed E-state index contributed by atoms with van der Waals surface area (Å²) in [5.41, 5.74) is 2.20. The highest BCUT2D eigenvalue weighted by molar-refractivity contribution is 6.24. The van der Waals surface area contributed by atoms with Crippen LogP contribution in [-0.2, 0) is 14.4 Å². The number of nitro groups is 1. The van der Waals surface area contributed by atoms with Gasteiger partial charge in [-0.2, -0.15) is 0 Å². The number of nitrogens with zero attached hydrogens (tertiary/aromatic N) is 3. The van der Waals surface area contributed by atoms with Gasteiger partial charge in [0, 0.05) is 18.3 Å². The highest BCUT2D eigenvalue weighted by Crippen LogP contribution is 2.53. The number of ketones is 1. The number of hydrogen-bond donors (Lipinski definition) is 0. The Bertz CT molecular complexity index is 1270. The summed E-state index contributed by atoms with van der Waals surface area (Å²) in [5, 5.41) is 11.4. The quantitative estimate of drug-likeness (QED) is 0.402. The van der Waals surface area contributed by atoms with Crippen molar-refractivity contribution in [1.82, 2.24) is 4.90 Å². The van der Waals surface area contributed by atoms with Crippen molar-refractivity contribution in [2.45, 2.75) is 25.9 Å². The first kappa shape index (κ1) is 20.9. The van der Waals surface area contributed by atoms with Crippen LogP contribution in [0.2, 0.25) is 0 Å². The van der Waals surface area contributed by atoms with Gasteiger partial charge in [-0.1, -0.05) is 24.3 Å². The van der Waals surface area contributed by atoms with Gasteiger partial charge in [-0.15, -0.1) is 0 Å². The van der Waals surface area contributed by atoms with E-state index in [0.29, 0.717) is 5.56 Å². The van der Waals surface area contributed by atoms with Gasteiger partial charge in [-0.05, 0) is 36.6 Å². The molecule has 3 aliphatic rings. The molecular formula is C24H21N3O6. The van der Waals surface area contributed by atoms with Crippen molar-refractivity contribution in [3.63, 3.8) is 0 Å². The van der Waals surface area contributed by atoms with Crippen LogP contribution < -0.4 is 9.64 Å². The van der Waals surface area contributed by atoms with E-state index in [1.165, 1.54) is 26.2 Å². The maximum atomic E-state index is 13.8. The molecule has 9 nitrogen and oxygen atoms in total. The number of hydrogen-bond acceptors (Lipinski definition) is 7. The van der Waals surface area contributed by atoms with Gasteiger partial charge < -0.3 is 9.64 Å². The number of Topliss-reactive ketones (excluding diaryl/α,β-unsaturated/α-hetero) is 1. The second-order valence-corrected chi connectivity index (χ2v) is 8.52. The molecule has 2 amide bonds. The zero-order valence-electron chi connectivity index (χ0n) is 18.2. The van der Waals surface area contributed by atoms with Crippen molar-refractivity contribution in [3.8, 4) is 5.75 Å². The van der Waals surface area contributed by atoms with E-state index in [1.807, 2.05) is 35.2 Å². The number of ether oxygens (including phenoxy) is 1. The van der Waals surface area contributed by atoms with Gasteiger partial charge in [-0.3, -0.25) is 24.5 Å². The second kappa shape index (κ2) is 7.26. The summed E-state index contributed by atoms with van der Waals surface area (Å²) in [4.78, 5) is 53.8. The Kier molecular flexibility index (Phi) is 4.59. The van der Waals surface area contributed by atoms with Crippen molar-refractivity contribution in [2.75, 3.05) is 12.0 Å². The largest absolute Gasteiger partial charge is 0.490 e.